The molecule has 166 valence electrons. The fourth-order valence-corrected chi connectivity index (χ4v) is 5.25. The van der Waals surface area contributed by atoms with Crippen LogP contribution in [-0.4, -0.2) is 25.4 Å². The summed E-state index contributed by atoms with van der Waals surface area (Å²) < 4.78 is 35.0. The maximum Gasteiger partial charge on any atom is 0.244 e. The highest BCUT2D eigenvalue weighted by molar-refractivity contribution is 7.89. The molecular formula is C27H29NO3S. The fourth-order valence-electron chi connectivity index (χ4n) is 3.52. The summed E-state index contributed by atoms with van der Waals surface area (Å²) in [6.45, 7) is 10.3. The minimum atomic E-state index is -3.87. The van der Waals surface area contributed by atoms with Crippen LogP contribution in [0.5, 0.6) is 0 Å². The minimum Gasteiger partial charge on any atom is -0.375 e. The second-order valence-corrected chi connectivity index (χ2v) is 9.39. The topological polar surface area (TPSA) is 46.6 Å². The van der Waals surface area contributed by atoms with Crippen LogP contribution in [-0.2, 0) is 21.4 Å². The van der Waals surface area contributed by atoms with Gasteiger partial charge >= 0.3 is 0 Å². The van der Waals surface area contributed by atoms with E-state index in [1.807, 2.05) is 67.6 Å². The first kappa shape index (κ1) is 23.7. The largest absolute Gasteiger partial charge is 0.375 e. The van der Waals surface area contributed by atoms with E-state index in [0.29, 0.717) is 6.61 Å². The number of hydrogen-bond acceptors (Lipinski definition) is 3. The van der Waals surface area contributed by atoms with Crippen LogP contribution in [0.2, 0.25) is 0 Å². The van der Waals surface area contributed by atoms with Crippen LogP contribution in [0.4, 0.5) is 0 Å². The monoisotopic (exact) mass is 447 g/mol. The van der Waals surface area contributed by atoms with E-state index in [2.05, 4.69) is 13.2 Å². The van der Waals surface area contributed by atoms with Gasteiger partial charge in [0.15, 0.2) is 0 Å². The van der Waals surface area contributed by atoms with Gasteiger partial charge < -0.3 is 4.74 Å². The summed E-state index contributed by atoms with van der Waals surface area (Å²) in [5, 5.41) is 0. The molecule has 0 unspecified atom stereocenters. The summed E-state index contributed by atoms with van der Waals surface area (Å²) in [4.78, 5) is 0.223. The summed E-state index contributed by atoms with van der Waals surface area (Å²) in [6, 6.07) is 24.9. The molecule has 0 heterocycles. The second kappa shape index (κ2) is 11.0. The number of hydrogen-bond donors (Lipinski definition) is 0. The van der Waals surface area contributed by atoms with Crippen LogP contribution in [0.1, 0.15) is 22.7 Å². The van der Waals surface area contributed by atoms with Crippen molar-refractivity contribution in [3.05, 3.63) is 127 Å². The molecule has 2 atom stereocenters. The maximum atomic E-state index is 13.8. The zero-order valence-corrected chi connectivity index (χ0v) is 19.1. The molecule has 0 aliphatic rings. The van der Waals surface area contributed by atoms with Crippen LogP contribution in [0, 0.1) is 6.92 Å². The highest BCUT2D eigenvalue weighted by atomic mass is 32.2. The number of sulfonamides is 1. The Bertz CT molecular complexity index is 1110. The van der Waals surface area contributed by atoms with Gasteiger partial charge in [0.1, 0.15) is 0 Å². The normalized spacial score (nSPS) is 13.4. The van der Waals surface area contributed by atoms with Gasteiger partial charge in [-0.2, -0.15) is 4.31 Å². The van der Waals surface area contributed by atoms with E-state index < -0.39 is 22.1 Å². The molecule has 0 radical (unpaired) electrons. The first-order chi connectivity index (χ1) is 15.5. The Morgan fingerprint density at radius 2 is 1.47 bits per heavy atom. The van der Waals surface area contributed by atoms with Gasteiger partial charge in [0.05, 0.1) is 30.2 Å². The van der Waals surface area contributed by atoms with Crippen molar-refractivity contribution in [1.82, 2.24) is 4.31 Å². The third-order valence-electron chi connectivity index (χ3n) is 5.23. The first-order valence-electron chi connectivity index (χ1n) is 10.5. The number of nitrogens with zero attached hydrogens (tertiary/aromatic N) is 1. The van der Waals surface area contributed by atoms with E-state index in [9.17, 15) is 8.42 Å². The standard InChI is InChI=1S/C27H29NO3S/c1-4-25(21-31-20-23-12-8-6-9-13-23)28(27(5-2)24-14-10-7-11-15-24)32(29,30)26-18-16-22(3)17-19-26/h4-19,25,27H,1-2,20-21H2,3H3/t25-,27-/m0/s1. The number of rotatable bonds is 11. The third kappa shape index (κ3) is 5.62. The minimum absolute atomic E-state index is 0.167. The fraction of sp³-hybridized carbons (Fsp3) is 0.185. The Kier molecular flexibility index (Phi) is 8.17. The number of benzene rings is 3. The lowest BCUT2D eigenvalue weighted by Gasteiger charge is -2.34. The van der Waals surface area contributed by atoms with E-state index >= 15 is 0 Å². The molecule has 32 heavy (non-hydrogen) atoms. The van der Waals surface area contributed by atoms with Gasteiger partial charge in [0.25, 0.3) is 0 Å². The SMILES string of the molecule is C=C[C@@H](COCc1ccccc1)N([C@@H](C=C)c1ccccc1)S(=O)(=O)c1ccc(C)cc1. The zero-order valence-electron chi connectivity index (χ0n) is 18.3. The summed E-state index contributed by atoms with van der Waals surface area (Å²) >= 11 is 0. The molecule has 4 nitrogen and oxygen atoms in total. The van der Waals surface area contributed by atoms with E-state index in [0.717, 1.165) is 16.7 Å². The van der Waals surface area contributed by atoms with Crippen molar-refractivity contribution in [3.63, 3.8) is 0 Å². The predicted molar refractivity (Wildman–Crippen MR) is 130 cm³/mol. The van der Waals surface area contributed by atoms with Crippen LogP contribution < -0.4 is 0 Å². The highest BCUT2D eigenvalue weighted by Crippen LogP contribution is 2.31. The lowest BCUT2D eigenvalue weighted by Crippen LogP contribution is -2.43. The third-order valence-corrected chi connectivity index (χ3v) is 7.15. The molecule has 0 spiro atoms. The van der Waals surface area contributed by atoms with Gasteiger partial charge in [-0.25, -0.2) is 8.42 Å². The number of aryl methyl sites for hydroxylation is 1. The smallest absolute Gasteiger partial charge is 0.244 e. The Labute approximate surface area is 191 Å². The summed E-state index contributed by atoms with van der Waals surface area (Å²) in [7, 11) is -3.87. The molecule has 0 fully saturated rings. The zero-order chi connectivity index (χ0) is 23.0. The molecular weight excluding hydrogens is 418 g/mol. The molecule has 0 saturated heterocycles. The lowest BCUT2D eigenvalue weighted by atomic mass is 10.1. The van der Waals surface area contributed by atoms with Gasteiger partial charge in [0.2, 0.25) is 10.0 Å². The van der Waals surface area contributed by atoms with Crippen molar-refractivity contribution in [3.8, 4) is 0 Å². The Hall–Kier alpha value is -2.99. The Morgan fingerprint density at radius 3 is 2.03 bits per heavy atom. The number of ether oxygens (including phenoxy) is 1. The van der Waals surface area contributed by atoms with E-state index in [1.54, 1.807) is 36.4 Å². The van der Waals surface area contributed by atoms with Crippen molar-refractivity contribution in [2.45, 2.75) is 30.5 Å². The van der Waals surface area contributed by atoms with E-state index in [4.69, 9.17) is 4.74 Å². The second-order valence-electron chi connectivity index (χ2n) is 7.54. The molecule has 5 heteroatoms. The molecule has 0 aliphatic carbocycles. The summed E-state index contributed by atoms with van der Waals surface area (Å²) in [5.74, 6) is 0. The van der Waals surface area contributed by atoms with Crippen LogP contribution >= 0.6 is 0 Å². The molecule has 3 aromatic rings. The summed E-state index contributed by atoms with van der Waals surface area (Å²) in [6.07, 6.45) is 3.27. The van der Waals surface area contributed by atoms with Gasteiger partial charge in [-0.05, 0) is 30.2 Å². The Morgan fingerprint density at radius 1 is 0.875 bits per heavy atom. The van der Waals surface area contributed by atoms with E-state index in [1.165, 1.54) is 4.31 Å². The Balaban J connectivity index is 1.97. The molecule has 3 rings (SSSR count). The molecule has 0 saturated carbocycles. The summed E-state index contributed by atoms with van der Waals surface area (Å²) in [5.41, 5.74) is 2.84. The van der Waals surface area contributed by atoms with Crippen LogP contribution in [0.15, 0.2) is 115 Å². The van der Waals surface area contributed by atoms with Crippen molar-refractivity contribution in [2.75, 3.05) is 6.61 Å². The molecule has 0 aliphatic heterocycles. The van der Waals surface area contributed by atoms with Gasteiger partial charge in [0, 0.05) is 0 Å². The van der Waals surface area contributed by atoms with Crippen molar-refractivity contribution >= 4 is 10.0 Å². The maximum absolute atomic E-state index is 13.8. The quantitative estimate of drug-likeness (QED) is 0.355. The molecule has 0 N–H and O–H groups in total. The highest BCUT2D eigenvalue weighted by Gasteiger charge is 2.36. The van der Waals surface area contributed by atoms with E-state index in [-0.39, 0.29) is 11.5 Å². The van der Waals surface area contributed by atoms with Crippen molar-refractivity contribution in [1.29, 1.82) is 0 Å². The van der Waals surface area contributed by atoms with Crippen molar-refractivity contribution < 1.29 is 13.2 Å². The average molecular weight is 448 g/mol. The van der Waals surface area contributed by atoms with Gasteiger partial charge in [-0.1, -0.05) is 90.5 Å². The molecule has 0 amide bonds. The lowest BCUT2D eigenvalue weighted by molar-refractivity contribution is 0.0859. The first-order valence-corrected chi connectivity index (χ1v) is 11.9. The molecule has 0 bridgehead atoms. The van der Waals surface area contributed by atoms with Gasteiger partial charge in [-0.15, -0.1) is 13.2 Å². The van der Waals surface area contributed by atoms with Crippen LogP contribution in [0.3, 0.4) is 0 Å². The van der Waals surface area contributed by atoms with Gasteiger partial charge in [-0.3, -0.25) is 0 Å². The molecule has 0 aromatic heterocycles. The predicted octanol–water partition coefficient (Wildman–Crippen LogP) is 5.68. The average Bonchev–Trinajstić information content (AvgIpc) is 2.82. The van der Waals surface area contributed by atoms with Crippen LogP contribution in [0.25, 0.3) is 0 Å². The van der Waals surface area contributed by atoms with Crippen molar-refractivity contribution in [2.24, 2.45) is 0 Å². The molecule has 3 aromatic carbocycles.